The van der Waals surface area contributed by atoms with Crippen LogP contribution in [0.25, 0.3) is 0 Å². The topological polar surface area (TPSA) is 38.5 Å². The van der Waals surface area contributed by atoms with Gasteiger partial charge in [0.15, 0.2) is 0 Å². The number of rotatable bonds is 4. The van der Waals surface area contributed by atoms with E-state index in [1.165, 1.54) is 24.9 Å². The quantitative estimate of drug-likeness (QED) is 0.811. The van der Waals surface area contributed by atoms with Crippen molar-refractivity contribution < 1.29 is 4.74 Å². The van der Waals surface area contributed by atoms with Gasteiger partial charge in [-0.2, -0.15) is 0 Å². The fourth-order valence-corrected chi connectivity index (χ4v) is 2.56. The number of piperidine rings is 1. The van der Waals surface area contributed by atoms with Crippen LogP contribution >= 0.6 is 0 Å². The van der Waals surface area contributed by atoms with Crippen LogP contribution in [-0.4, -0.2) is 38.3 Å². The third-order valence-corrected chi connectivity index (χ3v) is 3.50. The maximum atomic E-state index is 5.85. The zero-order valence-corrected chi connectivity index (χ0v) is 10.6. The van der Waals surface area contributed by atoms with E-state index in [2.05, 4.69) is 23.1 Å². The summed E-state index contributed by atoms with van der Waals surface area (Å²) in [4.78, 5) is 2.49. The minimum Gasteiger partial charge on any atom is -0.399 e. The highest BCUT2D eigenvalue weighted by molar-refractivity contribution is 5.42. The molecule has 1 aliphatic rings. The molecular formula is C14H22N2O. The van der Waals surface area contributed by atoms with Gasteiger partial charge in [0.2, 0.25) is 0 Å². The zero-order chi connectivity index (χ0) is 12.1. The number of likely N-dealkylation sites (tertiary alicyclic amines) is 1. The Morgan fingerprint density at radius 2 is 2.35 bits per heavy atom. The Hall–Kier alpha value is -1.06. The first-order valence-corrected chi connectivity index (χ1v) is 6.36. The first-order chi connectivity index (χ1) is 8.29. The van der Waals surface area contributed by atoms with E-state index < -0.39 is 0 Å². The van der Waals surface area contributed by atoms with Gasteiger partial charge in [-0.05, 0) is 43.0 Å². The third kappa shape index (κ3) is 3.45. The molecule has 0 spiro atoms. The molecule has 17 heavy (non-hydrogen) atoms. The van der Waals surface area contributed by atoms with E-state index in [-0.39, 0.29) is 0 Å². The molecule has 0 bridgehead atoms. The largest absolute Gasteiger partial charge is 0.399 e. The van der Waals surface area contributed by atoms with Gasteiger partial charge < -0.3 is 15.4 Å². The van der Waals surface area contributed by atoms with E-state index in [0.29, 0.717) is 5.92 Å². The molecule has 0 aromatic heterocycles. The number of benzene rings is 1. The smallest absolute Gasteiger partial charge is 0.0589 e. The maximum Gasteiger partial charge on any atom is 0.0589 e. The predicted molar refractivity (Wildman–Crippen MR) is 71.1 cm³/mol. The van der Waals surface area contributed by atoms with E-state index in [1.807, 2.05) is 6.07 Å². The first kappa shape index (κ1) is 12.4. The average Bonchev–Trinajstić information content (AvgIpc) is 2.37. The molecule has 1 unspecified atom stereocenters. The molecule has 2 N–H and O–H groups in total. The van der Waals surface area contributed by atoms with Crippen LogP contribution in [0, 0.1) is 0 Å². The highest BCUT2D eigenvalue weighted by atomic mass is 16.5. The Labute approximate surface area is 104 Å². The minimum atomic E-state index is 0.629. The summed E-state index contributed by atoms with van der Waals surface area (Å²) in [7, 11) is 1.76. The number of nitrogens with two attached hydrogens (primary N) is 1. The number of anilines is 1. The van der Waals surface area contributed by atoms with Crippen LogP contribution in [0.5, 0.6) is 0 Å². The molecule has 94 valence electrons. The Morgan fingerprint density at radius 3 is 3.12 bits per heavy atom. The van der Waals surface area contributed by atoms with Gasteiger partial charge in [-0.15, -0.1) is 0 Å². The molecule has 0 radical (unpaired) electrons. The van der Waals surface area contributed by atoms with Gasteiger partial charge in [0.25, 0.3) is 0 Å². The lowest BCUT2D eigenvalue weighted by atomic mass is 9.90. The van der Waals surface area contributed by atoms with Crippen molar-refractivity contribution in [3.63, 3.8) is 0 Å². The van der Waals surface area contributed by atoms with Crippen LogP contribution < -0.4 is 5.73 Å². The zero-order valence-electron chi connectivity index (χ0n) is 10.6. The molecule has 1 aromatic rings. The van der Waals surface area contributed by atoms with Crippen LogP contribution in [0.2, 0.25) is 0 Å². The fourth-order valence-electron chi connectivity index (χ4n) is 2.56. The summed E-state index contributed by atoms with van der Waals surface area (Å²) in [5, 5.41) is 0. The second-order valence-corrected chi connectivity index (χ2v) is 4.80. The van der Waals surface area contributed by atoms with Crippen LogP contribution in [0.1, 0.15) is 24.3 Å². The van der Waals surface area contributed by atoms with Gasteiger partial charge >= 0.3 is 0 Å². The summed E-state index contributed by atoms with van der Waals surface area (Å²) in [5.74, 6) is 0.629. The molecule has 3 heteroatoms. The summed E-state index contributed by atoms with van der Waals surface area (Å²) in [5.41, 5.74) is 8.10. The Kier molecular flexibility index (Phi) is 4.40. The highest BCUT2D eigenvalue weighted by Gasteiger charge is 2.20. The normalized spacial score (nSPS) is 21.6. The molecule has 1 aromatic carbocycles. The van der Waals surface area contributed by atoms with Crippen LogP contribution in [-0.2, 0) is 4.74 Å². The van der Waals surface area contributed by atoms with Crippen molar-refractivity contribution in [1.82, 2.24) is 4.90 Å². The van der Waals surface area contributed by atoms with Crippen molar-refractivity contribution in [1.29, 1.82) is 0 Å². The van der Waals surface area contributed by atoms with E-state index in [4.69, 9.17) is 10.5 Å². The van der Waals surface area contributed by atoms with Crippen molar-refractivity contribution in [3.8, 4) is 0 Å². The second kappa shape index (κ2) is 6.03. The van der Waals surface area contributed by atoms with Crippen LogP contribution in [0.3, 0.4) is 0 Å². The number of ether oxygens (including phenoxy) is 1. The van der Waals surface area contributed by atoms with Gasteiger partial charge in [-0.25, -0.2) is 0 Å². The molecule has 1 saturated heterocycles. The Balaban J connectivity index is 1.97. The Morgan fingerprint density at radius 1 is 1.47 bits per heavy atom. The second-order valence-electron chi connectivity index (χ2n) is 4.80. The summed E-state index contributed by atoms with van der Waals surface area (Å²) in [6.07, 6.45) is 2.54. The summed E-state index contributed by atoms with van der Waals surface area (Å²) in [6, 6.07) is 8.32. The van der Waals surface area contributed by atoms with Gasteiger partial charge in [-0.3, -0.25) is 0 Å². The molecular weight excluding hydrogens is 212 g/mol. The molecule has 3 nitrogen and oxygen atoms in total. The van der Waals surface area contributed by atoms with Gasteiger partial charge in [0.1, 0.15) is 0 Å². The van der Waals surface area contributed by atoms with E-state index >= 15 is 0 Å². The Bertz CT molecular complexity index is 354. The highest BCUT2D eigenvalue weighted by Crippen LogP contribution is 2.27. The lowest BCUT2D eigenvalue weighted by Crippen LogP contribution is -2.36. The SMILES string of the molecule is COCCN1CCCC(c2cccc(N)c2)C1. The van der Waals surface area contributed by atoms with Crippen molar-refractivity contribution >= 4 is 5.69 Å². The van der Waals surface area contributed by atoms with Crippen molar-refractivity contribution in [3.05, 3.63) is 29.8 Å². The molecule has 2 rings (SSSR count). The first-order valence-electron chi connectivity index (χ1n) is 6.36. The lowest BCUT2D eigenvalue weighted by molar-refractivity contribution is 0.128. The number of hydrogen-bond acceptors (Lipinski definition) is 3. The molecule has 0 saturated carbocycles. The molecule has 1 aliphatic heterocycles. The molecule has 0 amide bonds. The van der Waals surface area contributed by atoms with Crippen molar-refractivity contribution in [2.75, 3.05) is 39.1 Å². The van der Waals surface area contributed by atoms with Gasteiger partial charge in [-0.1, -0.05) is 12.1 Å². The summed E-state index contributed by atoms with van der Waals surface area (Å²) < 4.78 is 5.14. The molecule has 1 atom stereocenters. The van der Waals surface area contributed by atoms with Gasteiger partial charge in [0.05, 0.1) is 6.61 Å². The molecule has 1 heterocycles. The number of methoxy groups -OCH3 is 1. The predicted octanol–water partition coefficient (Wildman–Crippen LogP) is 2.09. The fraction of sp³-hybridized carbons (Fsp3) is 0.571. The monoisotopic (exact) mass is 234 g/mol. The summed E-state index contributed by atoms with van der Waals surface area (Å²) in [6.45, 7) is 4.19. The van der Waals surface area contributed by atoms with E-state index in [0.717, 1.165) is 25.4 Å². The van der Waals surface area contributed by atoms with Crippen LogP contribution in [0.4, 0.5) is 5.69 Å². The van der Waals surface area contributed by atoms with E-state index in [1.54, 1.807) is 7.11 Å². The maximum absolute atomic E-state index is 5.85. The average molecular weight is 234 g/mol. The third-order valence-electron chi connectivity index (χ3n) is 3.50. The summed E-state index contributed by atoms with van der Waals surface area (Å²) >= 11 is 0. The lowest BCUT2D eigenvalue weighted by Gasteiger charge is -2.32. The van der Waals surface area contributed by atoms with Crippen molar-refractivity contribution in [2.45, 2.75) is 18.8 Å². The van der Waals surface area contributed by atoms with Gasteiger partial charge in [0, 0.05) is 25.9 Å². The number of nitrogen functional groups attached to an aromatic ring is 1. The number of hydrogen-bond donors (Lipinski definition) is 1. The van der Waals surface area contributed by atoms with Crippen molar-refractivity contribution in [2.24, 2.45) is 0 Å². The molecule has 0 aliphatic carbocycles. The van der Waals surface area contributed by atoms with E-state index in [9.17, 15) is 0 Å². The molecule has 1 fully saturated rings. The minimum absolute atomic E-state index is 0.629. The standard InChI is InChI=1S/C14H22N2O/c1-17-9-8-16-7-3-5-13(11-16)12-4-2-6-14(15)10-12/h2,4,6,10,13H,3,5,7-9,11,15H2,1H3. The number of nitrogens with zero attached hydrogens (tertiary/aromatic N) is 1. The van der Waals surface area contributed by atoms with Crippen LogP contribution in [0.15, 0.2) is 24.3 Å².